The smallest absolute Gasteiger partial charge is 0.0822 e. The Morgan fingerprint density at radius 3 is 2.72 bits per heavy atom. The first-order valence-electron chi connectivity index (χ1n) is 12.7. The summed E-state index contributed by atoms with van der Waals surface area (Å²) in [6, 6.07) is 0. The molecule has 0 aromatic carbocycles. The molecule has 0 radical (unpaired) electrons. The molecule has 3 heteroatoms. The van der Waals surface area contributed by atoms with Gasteiger partial charge in [-0.1, -0.05) is 75.8 Å². The molecule has 0 saturated heterocycles. The van der Waals surface area contributed by atoms with E-state index in [4.69, 9.17) is 0 Å². The van der Waals surface area contributed by atoms with Gasteiger partial charge in [-0.2, -0.15) is 12.6 Å². The molecule has 5 atom stereocenters. The fourth-order valence-electron chi connectivity index (χ4n) is 6.19. The molecule has 0 aromatic heterocycles. The molecule has 0 aromatic rings. The van der Waals surface area contributed by atoms with Crippen LogP contribution in [0.4, 0.5) is 0 Å². The zero-order valence-corrected chi connectivity index (χ0v) is 21.5. The molecule has 2 nitrogen and oxygen atoms in total. The van der Waals surface area contributed by atoms with Crippen molar-refractivity contribution in [1.82, 2.24) is 0 Å². The molecular formula is C29H44O2S. The van der Waals surface area contributed by atoms with E-state index in [1.165, 1.54) is 19.3 Å². The lowest BCUT2D eigenvalue weighted by atomic mass is 9.62. The standard InChI is InChI=1S/C29H44O2S/c1-6-29(31,7-2)17-8-10-20(3)25-14-15-26-22(11-9-16-28(25,26)5)12-13-23-18-24(30)19-27(32)21(23)4/h8,12-14,17,20,24,26-27,30-32H,4,6-7,9-11,15-16,18-19H2,1-3,5H3. The minimum atomic E-state index is -0.660. The Labute approximate surface area is 201 Å². The summed E-state index contributed by atoms with van der Waals surface area (Å²) in [4.78, 5) is 0. The lowest BCUT2D eigenvalue weighted by Gasteiger charge is -2.42. The highest BCUT2D eigenvalue weighted by molar-refractivity contribution is 7.81. The topological polar surface area (TPSA) is 40.5 Å². The van der Waals surface area contributed by atoms with Gasteiger partial charge in [0.15, 0.2) is 0 Å². The molecule has 2 saturated carbocycles. The van der Waals surface area contributed by atoms with Gasteiger partial charge in [0.05, 0.1) is 11.7 Å². The van der Waals surface area contributed by atoms with Gasteiger partial charge in [0, 0.05) is 5.25 Å². The first-order chi connectivity index (χ1) is 15.1. The van der Waals surface area contributed by atoms with Crippen LogP contribution in [0.3, 0.4) is 0 Å². The fraction of sp³-hybridized carbons (Fsp3) is 0.655. The average molecular weight is 457 g/mol. The van der Waals surface area contributed by atoms with Crippen LogP contribution in [-0.2, 0) is 0 Å². The molecule has 0 aliphatic heterocycles. The maximum absolute atomic E-state index is 10.6. The van der Waals surface area contributed by atoms with Crippen molar-refractivity contribution in [2.75, 3.05) is 0 Å². The van der Waals surface area contributed by atoms with Crippen LogP contribution in [0.25, 0.3) is 0 Å². The van der Waals surface area contributed by atoms with E-state index in [1.54, 1.807) is 11.1 Å². The number of hydrogen-bond acceptors (Lipinski definition) is 3. The minimum absolute atomic E-state index is 0.0618. The van der Waals surface area contributed by atoms with Gasteiger partial charge < -0.3 is 10.2 Å². The Morgan fingerprint density at radius 2 is 2.03 bits per heavy atom. The second-order valence-electron chi connectivity index (χ2n) is 10.6. The number of thiol groups is 1. The molecule has 2 fully saturated rings. The Balaban J connectivity index is 1.73. The number of aliphatic hydroxyl groups excluding tert-OH is 1. The Bertz CT molecular complexity index is 813. The Morgan fingerprint density at radius 1 is 1.31 bits per heavy atom. The van der Waals surface area contributed by atoms with Gasteiger partial charge in [-0.3, -0.25) is 0 Å². The van der Waals surface area contributed by atoms with Crippen molar-refractivity contribution < 1.29 is 10.2 Å². The van der Waals surface area contributed by atoms with Crippen molar-refractivity contribution in [3.8, 4) is 0 Å². The van der Waals surface area contributed by atoms with Crippen LogP contribution in [0.2, 0.25) is 0 Å². The zero-order chi connectivity index (χ0) is 23.5. The predicted molar refractivity (Wildman–Crippen MR) is 140 cm³/mol. The van der Waals surface area contributed by atoms with Crippen LogP contribution in [0.15, 0.2) is 59.3 Å². The Kier molecular flexibility index (Phi) is 8.39. The van der Waals surface area contributed by atoms with Gasteiger partial charge >= 0.3 is 0 Å². The van der Waals surface area contributed by atoms with Crippen LogP contribution < -0.4 is 0 Å². The fourth-order valence-corrected chi connectivity index (χ4v) is 6.59. The van der Waals surface area contributed by atoms with Crippen molar-refractivity contribution in [1.29, 1.82) is 0 Å². The third-order valence-corrected chi connectivity index (χ3v) is 9.07. The zero-order valence-electron chi connectivity index (χ0n) is 20.6. The first-order valence-corrected chi connectivity index (χ1v) is 13.2. The predicted octanol–water partition coefficient (Wildman–Crippen LogP) is 7.12. The highest BCUT2D eigenvalue weighted by Crippen LogP contribution is 2.57. The van der Waals surface area contributed by atoms with Gasteiger partial charge in [0.25, 0.3) is 0 Å². The highest BCUT2D eigenvalue weighted by Gasteiger charge is 2.45. The molecule has 0 bridgehead atoms. The van der Waals surface area contributed by atoms with Crippen molar-refractivity contribution in [2.45, 2.75) is 102 Å². The van der Waals surface area contributed by atoms with Crippen LogP contribution in [0.1, 0.15) is 85.5 Å². The summed E-state index contributed by atoms with van der Waals surface area (Å²) in [5.74, 6) is 1.07. The number of aliphatic hydroxyl groups is 2. The molecule has 2 N–H and O–H groups in total. The molecule has 3 aliphatic carbocycles. The third kappa shape index (κ3) is 5.37. The number of rotatable bonds is 7. The van der Waals surface area contributed by atoms with E-state index < -0.39 is 5.60 Å². The minimum Gasteiger partial charge on any atom is -0.393 e. The van der Waals surface area contributed by atoms with Crippen LogP contribution in [0, 0.1) is 17.3 Å². The largest absolute Gasteiger partial charge is 0.393 e. The van der Waals surface area contributed by atoms with E-state index >= 15 is 0 Å². The summed E-state index contributed by atoms with van der Waals surface area (Å²) < 4.78 is 0. The summed E-state index contributed by atoms with van der Waals surface area (Å²) in [6.45, 7) is 13.1. The summed E-state index contributed by atoms with van der Waals surface area (Å²) >= 11 is 4.61. The van der Waals surface area contributed by atoms with Crippen LogP contribution in [-0.4, -0.2) is 27.2 Å². The highest BCUT2D eigenvalue weighted by atomic mass is 32.1. The van der Waals surface area contributed by atoms with E-state index in [0.29, 0.717) is 24.7 Å². The second kappa shape index (κ2) is 10.5. The second-order valence-corrected chi connectivity index (χ2v) is 11.3. The number of allylic oxidation sites excluding steroid dienone is 6. The summed E-state index contributed by atoms with van der Waals surface area (Å²) in [5, 5.41) is 20.8. The molecule has 178 valence electrons. The summed E-state index contributed by atoms with van der Waals surface area (Å²) in [7, 11) is 0. The summed E-state index contributed by atoms with van der Waals surface area (Å²) in [5.41, 5.74) is 4.96. The molecule has 3 aliphatic rings. The van der Waals surface area contributed by atoms with Gasteiger partial charge in [-0.25, -0.2) is 0 Å². The van der Waals surface area contributed by atoms with Crippen molar-refractivity contribution in [2.24, 2.45) is 17.3 Å². The molecule has 5 unspecified atom stereocenters. The lowest BCUT2D eigenvalue weighted by Crippen LogP contribution is -2.32. The van der Waals surface area contributed by atoms with E-state index in [9.17, 15) is 10.2 Å². The number of fused-ring (bicyclic) bond motifs is 1. The van der Waals surface area contributed by atoms with E-state index in [-0.39, 0.29) is 16.8 Å². The van der Waals surface area contributed by atoms with E-state index in [0.717, 1.165) is 36.8 Å². The normalized spacial score (nSPS) is 34.9. The molecule has 3 rings (SSSR count). The maximum Gasteiger partial charge on any atom is 0.0822 e. The van der Waals surface area contributed by atoms with Gasteiger partial charge in [-0.15, -0.1) is 0 Å². The van der Waals surface area contributed by atoms with Gasteiger partial charge in [0.1, 0.15) is 0 Å². The third-order valence-electron chi connectivity index (χ3n) is 8.55. The first kappa shape index (κ1) is 25.6. The quantitative estimate of drug-likeness (QED) is 0.282. The van der Waals surface area contributed by atoms with Crippen molar-refractivity contribution in [3.05, 3.63) is 59.3 Å². The van der Waals surface area contributed by atoms with Crippen LogP contribution in [0.5, 0.6) is 0 Å². The Hall–Kier alpha value is -1.03. The molecule has 0 spiro atoms. The monoisotopic (exact) mass is 456 g/mol. The maximum atomic E-state index is 10.6. The lowest BCUT2D eigenvalue weighted by molar-refractivity contribution is 0.0824. The molecule has 0 heterocycles. The molecule has 0 amide bonds. The molecule has 32 heavy (non-hydrogen) atoms. The van der Waals surface area contributed by atoms with Gasteiger partial charge in [-0.05, 0) is 86.2 Å². The van der Waals surface area contributed by atoms with Crippen LogP contribution >= 0.6 is 12.6 Å². The molecular weight excluding hydrogens is 412 g/mol. The summed E-state index contributed by atoms with van der Waals surface area (Å²) in [6.07, 6.45) is 19.7. The SMILES string of the molecule is C=C1C(=CC=C2CCCC3(C)C(C(C)CC=CC(O)(CC)CC)=CCC23)CC(O)CC1S. The number of hydrogen-bond donors (Lipinski definition) is 3. The van der Waals surface area contributed by atoms with E-state index in [2.05, 4.69) is 57.4 Å². The van der Waals surface area contributed by atoms with Crippen molar-refractivity contribution >= 4 is 12.6 Å². The van der Waals surface area contributed by atoms with E-state index in [1.807, 2.05) is 19.9 Å². The van der Waals surface area contributed by atoms with Gasteiger partial charge in [0.2, 0.25) is 0 Å². The van der Waals surface area contributed by atoms with Crippen molar-refractivity contribution in [3.63, 3.8) is 0 Å². The average Bonchev–Trinajstić information content (AvgIpc) is 3.12.